The second-order valence-corrected chi connectivity index (χ2v) is 6.98. The standard InChI is InChI=1S/C19H22N4O/c1-19(9-5-11-24-19)18-14(12-20)17(16-8-10-21-23(16)2)13-6-3-4-7-15(13)22-18/h8,10H,3-7,9,11H2,1-2H3. The smallest absolute Gasteiger partial charge is 0.109 e. The molecule has 0 bridgehead atoms. The van der Waals surface area contributed by atoms with E-state index in [2.05, 4.69) is 18.1 Å². The molecule has 5 heteroatoms. The third-order valence-corrected chi connectivity index (χ3v) is 5.38. The van der Waals surface area contributed by atoms with Crippen molar-refractivity contribution in [3.8, 4) is 17.3 Å². The summed E-state index contributed by atoms with van der Waals surface area (Å²) in [7, 11) is 1.93. The van der Waals surface area contributed by atoms with Crippen molar-refractivity contribution in [2.45, 2.75) is 51.0 Å². The number of rotatable bonds is 2. The Kier molecular flexibility index (Phi) is 3.65. The molecule has 0 N–H and O–H groups in total. The van der Waals surface area contributed by atoms with Crippen molar-refractivity contribution in [2.75, 3.05) is 6.61 Å². The van der Waals surface area contributed by atoms with Crippen LogP contribution in [0.15, 0.2) is 12.3 Å². The molecule has 1 aliphatic carbocycles. The minimum atomic E-state index is -0.453. The van der Waals surface area contributed by atoms with Gasteiger partial charge in [-0.2, -0.15) is 10.4 Å². The van der Waals surface area contributed by atoms with Crippen molar-refractivity contribution < 1.29 is 4.74 Å². The van der Waals surface area contributed by atoms with E-state index in [-0.39, 0.29) is 0 Å². The van der Waals surface area contributed by atoms with Crippen LogP contribution < -0.4 is 0 Å². The van der Waals surface area contributed by atoms with Crippen molar-refractivity contribution in [1.82, 2.24) is 14.8 Å². The third kappa shape index (κ3) is 2.25. The van der Waals surface area contributed by atoms with Gasteiger partial charge >= 0.3 is 0 Å². The van der Waals surface area contributed by atoms with Crippen LogP contribution in [0.2, 0.25) is 0 Å². The van der Waals surface area contributed by atoms with Crippen molar-refractivity contribution >= 4 is 0 Å². The molecule has 1 saturated heterocycles. The van der Waals surface area contributed by atoms with E-state index in [1.807, 2.05) is 17.8 Å². The molecule has 24 heavy (non-hydrogen) atoms. The van der Waals surface area contributed by atoms with E-state index in [1.54, 1.807) is 6.20 Å². The highest BCUT2D eigenvalue weighted by Crippen LogP contribution is 2.42. The Balaban J connectivity index is 2.03. The van der Waals surface area contributed by atoms with Gasteiger partial charge < -0.3 is 4.74 Å². The summed E-state index contributed by atoms with van der Waals surface area (Å²) in [5.74, 6) is 0. The number of fused-ring (bicyclic) bond motifs is 1. The van der Waals surface area contributed by atoms with Gasteiger partial charge in [0, 0.05) is 31.1 Å². The van der Waals surface area contributed by atoms with E-state index >= 15 is 0 Å². The molecular formula is C19H22N4O. The predicted octanol–water partition coefficient (Wildman–Crippen LogP) is 3.26. The summed E-state index contributed by atoms with van der Waals surface area (Å²) in [4.78, 5) is 4.96. The third-order valence-electron chi connectivity index (χ3n) is 5.38. The molecule has 0 amide bonds. The Morgan fingerprint density at radius 2 is 2.12 bits per heavy atom. The maximum absolute atomic E-state index is 9.99. The summed E-state index contributed by atoms with van der Waals surface area (Å²) >= 11 is 0. The van der Waals surface area contributed by atoms with Gasteiger partial charge in [-0.1, -0.05) is 0 Å². The lowest BCUT2D eigenvalue weighted by atomic mass is 9.84. The Hall–Kier alpha value is -2.19. The van der Waals surface area contributed by atoms with Gasteiger partial charge in [-0.3, -0.25) is 9.67 Å². The van der Waals surface area contributed by atoms with Gasteiger partial charge in [-0.15, -0.1) is 0 Å². The first-order valence-electron chi connectivity index (χ1n) is 8.73. The lowest BCUT2D eigenvalue weighted by Gasteiger charge is -2.28. The molecular weight excluding hydrogens is 300 g/mol. The molecule has 2 aliphatic rings. The Bertz CT molecular complexity index is 825. The Morgan fingerprint density at radius 1 is 1.29 bits per heavy atom. The van der Waals surface area contributed by atoms with Gasteiger partial charge in [0.25, 0.3) is 0 Å². The molecule has 5 nitrogen and oxygen atoms in total. The van der Waals surface area contributed by atoms with Crippen molar-refractivity contribution in [3.05, 3.63) is 34.8 Å². The van der Waals surface area contributed by atoms with E-state index in [0.29, 0.717) is 5.56 Å². The van der Waals surface area contributed by atoms with Gasteiger partial charge in [-0.25, -0.2) is 0 Å². The van der Waals surface area contributed by atoms with Crippen molar-refractivity contribution in [3.63, 3.8) is 0 Å². The number of aryl methyl sites for hydroxylation is 2. The van der Waals surface area contributed by atoms with E-state index in [4.69, 9.17) is 9.72 Å². The second-order valence-electron chi connectivity index (χ2n) is 6.98. The molecule has 2 aromatic heterocycles. The van der Waals surface area contributed by atoms with Gasteiger partial charge in [0.05, 0.1) is 17.0 Å². The maximum atomic E-state index is 9.99. The van der Waals surface area contributed by atoms with E-state index in [9.17, 15) is 5.26 Å². The molecule has 2 aromatic rings. The first-order valence-corrected chi connectivity index (χ1v) is 8.73. The SMILES string of the molecule is Cn1nccc1-c1c(C#N)c(C2(C)CCCO2)nc2c1CCCC2. The molecule has 0 saturated carbocycles. The fourth-order valence-electron chi connectivity index (χ4n) is 4.10. The van der Waals surface area contributed by atoms with E-state index in [1.165, 1.54) is 5.56 Å². The molecule has 124 valence electrons. The van der Waals surface area contributed by atoms with Crippen LogP contribution in [-0.4, -0.2) is 21.4 Å². The highest BCUT2D eigenvalue weighted by atomic mass is 16.5. The Morgan fingerprint density at radius 3 is 2.79 bits per heavy atom. The van der Waals surface area contributed by atoms with Crippen LogP contribution in [0.1, 0.15) is 55.1 Å². The van der Waals surface area contributed by atoms with Gasteiger partial charge in [0.1, 0.15) is 11.7 Å². The van der Waals surface area contributed by atoms with E-state index < -0.39 is 5.60 Å². The minimum Gasteiger partial charge on any atom is -0.369 e. The number of hydrogen-bond acceptors (Lipinski definition) is 4. The minimum absolute atomic E-state index is 0.453. The number of aromatic nitrogens is 3. The highest BCUT2D eigenvalue weighted by molar-refractivity contribution is 5.74. The van der Waals surface area contributed by atoms with Gasteiger partial charge in [0.15, 0.2) is 0 Å². The fourth-order valence-corrected chi connectivity index (χ4v) is 4.10. The molecule has 4 rings (SSSR count). The molecule has 1 fully saturated rings. The summed E-state index contributed by atoms with van der Waals surface area (Å²) < 4.78 is 7.88. The molecule has 1 atom stereocenters. The first kappa shape index (κ1) is 15.3. The topological polar surface area (TPSA) is 63.7 Å². The van der Waals surface area contributed by atoms with Crippen molar-refractivity contribution in [2.24, 2.45) is 7.05 Å². The number of nitrogens with zero attached hydrogens (tertiary/aromatic N) is 4. The summed E-state index contributed by atoms with van der Waals surface area (Å²) in [6.45, 7) is 2.81. The van der Waals surface area contributed by atoms with Crippen LogP contribution >= 0.6 is 0 Å². The quantitative estimate of drug-likeness (QED) is 0.851. The highest BCUT2D eigenvalue weighted by Gasteiger charge is 2.38. The number of nitriles is 1. The van der Waals surface area contributed by atoms with Gasteiger partial charge in [0.2, 0.25) is 0 Å². The first-order chi connectivity index (χ1) is 11.6. The summed E-state index contributed by atoms with van der Waals surface area (Å²) in [6.07, 6.45) is 7.99. The summed E-state index contributed by atoms with van der Waals surface area (Å²) in [6, 6.07) is 4.44. The van der Waals surface area contributed by atoms with Crippen LogP contribution in [0, 0.1) is 11.3 Å². The zero-order chi connectivity index (χ0) is 16.7. The normalized spacial score (nSPS) is 23.0. The molecule has 0 aromatic carbocycles. The largest absolute Gasteiger partial charge is 0.369 e. The molecule has 1 unspecified atom stereocenters. The van der Waals surface area contributed by atoms with Crippen LogP contribution in [0.5, 0.6) is 0 Å². The number of ether oxygens (including phenoxy) is 1. The van der Waals surface area contributed by atoms with Crippen LogP contribution in [0.4, 0.5) is 0 Å². The lowest BCUT2D eigenvalue weighted by molar-refractivity contribution is 0.0128. The Labute approximate surface area is 142 Å². The lowest BCUT2D eigenvalue weighted by Crippen LogP contribution is -2.26. The summed E-state index contributed by atoms with van der Waals surface area (Å²) in [5.41, 5.74) is 5.42. The average Bonchev–Trinajstić information content (AvgIpc) is 3.22. The second kappa shape index (κ2) is 5.71. The molecule has 0 radical (unpaired) electrons. The van der Waals surface area contributed by atoms with Crippen LogP contribution in [0.25, 0.3) is 11.3 Å². The van der Waals surface area contributed by atoms with E-state index in [0.717, 1.165) is 67.8 Å². The average molecular weight is 322 g/mol. The predicted molar refractivity (Wildman–Crippen MR) is 90.3 cm³/mol. The molecule has 1 aliphatic heterocycles. The maximum Gasteiger partial charge on any atom is 0.109 e. The van der Waals surface area contributed by atoms with Crippen molar-refractivity contribution in [1.29, 1.82) is 5.26 Å². The van der Waals surface area contributed by atoms with Gasteiger partial charge in [-0.05, 0) is 57.1 Å². The zero-order valence-electron chi connectivity index (χ0n) is 14.3. The zero-order valence-corrected chi connectivity index (χ0v) is 14.3. The number of pyridine rings is 1. The fraction of sp³-hybridized carbons (Fsp3) is 0.526. The monoisotopic (exact) mass is 322 g/mol. The van der Waals surface area contributed by atoms with Crippen LogP contribution in [0.3, 0.4) is 0 Å². The molecule has 3 heterocycles. The number of hydrogen-bond donors (Lipinski definition) is 0. The van der Waals surface area contributed by atoms with Crippen LogP contribution in [-0.2, 0) is 30.2 Å². The summed E-state index contributed by atoms with van der Waals surface area (Å²) in [5, 5.41) is 14.3. The molecule has 0 spiro atoms.